The lowest BCUT2D eigenvalue weighted by Gasteiger charge is -1.93. The van der Waals surface area contributed by atoms with Gasteiger partial charge in [0, 0.05) is 6.20 Å². The van der Waals surface area contributed by atoms with Crippen molar-refractivity contribution < 1.29 is 4.74 Å². The molecule has 0 unspecified atom stereocenters. The molecule has 1 heterocycles. The van der Waals surface area contributed by atoms with Gasteiger partial charge >= 0.3 is 0 Å². The van der Waals surface area contributed by atoms with E-state index in [1.165, 1.54) is 0 Å². The van der Waals surface area contributed by atoms with Crippen molar-refractivity contribution in [2.24, 2.45) is 11.7 Å². The van der Waals surface area contributed by atoms with Crippen molar-refractivity contribution in [1.82, 2.24) is 4.98 Å². The summed E-state index contributed by atoms with van der Waals surface area (Å²) in [6.07, 6.45) is 3.38. The Morgan fingerprint density at radius 1 is 1.50 bits per heavy atom. The van der Waals surface area contributed by atoms with E-state index in [4.69, 9.17) is 4.74 Å². The Balaban J connectivity index is 0.000000371. The number of rotatable bonds is 1. The molecule has 4 heteroatoms. The molecule has 4 N–H and O–H groups in total. The third-order valence-electron chi connectivity index (χ3n) is 0.870. The highest BCUT2D eigenvalue weighted by molar-refractivity contribution is 5.14. The maximum Gasteiger partial charge on any atom is 0.137 e. The number of nitrogens with two attached hydrogens (primary N) is 2. The summed E-state index contributed by atoms with van der Waals surface area (Å²) in [5, 5.41) is 0. The monoisotopic (exact) mass is 141 g/mol. The van der Waals surface area contributed by atoms with E-state index < -0.39 is 0 Å². The van der Waals surface area contributed by atoms with Crippen molar-refractivity contribution in [2.45, 2.75) is 0 Å². The zero-order chi connectivity index (χ0) is 7.82. The number of pyridine rings is 1. The van der Waals surface area contributed by atoms with E-state index in [-0.39, 0.29) is 0 Å². The lowest BCUT2D eigenvalue weighted by atomic mass is 10.5. The van der Waals surface area contributed by atoms with Gasteiger partial charge in [-0.25, -0.2) is 0 Å². The minimum Gasteiger partial charge on any atom is -0.495 e. The summed E-state index contributed by atoms with van der Waals surface area (Å²) >= 11 is 0. The molecule has 0 bridgehead atoms. The number of hydrazine groups is 1. The van der Waals surface area contributed by atoms with E-state index in [0.29, 0.717) is 0 Å². The standard InChI is InChI=1S/C6H7NO.H4N2/c1-8-6-3-2-4-7-5-6;1-2/h2-5H,1H3;1-2H2. The third kappa shape index (κ3) is 3.01. The van der Waals surface area contributed by atoms with E-state index in [2.05, 4.69) is 16.7 Å². The Morgan fingerprint density at radius 2 is 2.20 bits per heavy atom. The largest absolute Gasteiger partial charge is 0.495 e. The van der Waals surface area contributed by atoms with Gasteiger partial charge in [0.15, 0.2) is 0 Å². The number of hydrogen-bond donors (Lipinski definition) is 2. The molecule has 0 aliphatic carbocycles. The topological polar surface area (TPSA) is 74.2 Å². The fraction of sp³-hybridized carbons (Fsp3) is 0.167. The molecule has 0 radical (unpaired) electrons. The van der Waals surface area contributed by atoms with Crippen LogP contribution in [0.3, 0.4) is 0 Å². The summed E-state index contributed by atoms with van der Waals surface area (Å²) in [7, 11) is 1.62. The summed E-state index contributed by atoms with van der Waals surface area (Å²) < 4.78 is 4.85. The molecule has 10 heavy (non-hydrogen) atoms. The molecule has 0 amide bonds. The summed E-state index contributed by atoms with van der Waals surface area (Å²) in [5.74, 6) is 8.80. The highest BCUT2D eigenvalue weighted by atomic mass is 16.5. The van der Waals surface area contributed by atoms with Gasteiger partial charge in [-0.05, 0) is 12.1 Å². The van der Waals surface area contributed by atoms with E-state index >= 15 is 0 Å². The van der Waals surface area contributed by atoms with Crippen molar-refractivity contribution in [3.63, 3.8) is 0 Å². The predicted octanol–water partition coefficient (Wildman–Crippen LogP) is -0.0910. The Hall–Kier alpha value is -1.13. The third-order valence-corrected chi connectivity index (χ3v) is 0.870. The lowest BCUT2D eigenvalue weighted by Crippen LogP contribution is -2.02. The quantitative estimate of drug-likeness (QED) is 0.423. The fourth-order valence-electron chi connectivity index (χ4n) is 0.468. The Labute approximate surface area is 59.8 Å². The average Bonchev–Trinajstić information content (AvgIpc) is 2.10. The molecule has 4 nitrogen and oxygen atoms in total. The first-order valence-electron chi connectivity index (χ1n) is 2.71. The number of ether oxygens (including phenoxy) is 1. The van der Waals surface area contributed by atoms with Gasteiger partial charge < -0.3 is 4.74 Å². The Bertz CT molecular complexity index is 154. The van der Waals surface area contributed by atoms with Crippen molar-refractivity contribution in [2.75, 3.05) is 7.11 Å². The molecule has 1 aromatic heterocycles. The molecule has 0 atom stereocenters. The van der Waals surface area contributed by atoms with E-state index in [1.54, 1.807) is 19.5 Å². The molecular weight excluding hydrogens is 130 g/mol. The first-order valence-corrected chi connectivity index (χ1v) is 2.71. The van der Waals surface area contributed by atoms with Crippen LogP contribution in [0.1, 0.15) is 0 Å². The average molecular weight is 141 g/mol. The Morgan fingerprint density at radius 3 is 2.50 bits per heavy atom. The molecule has 0 fully saturated rings. The highest BCUT2D eigenvalue weighted by Gasteiger charge is 1.81. The maximum atomic E-state index is 4.85. The second-order valence-electron chi connectivity index (χ2n) is 1.39. The van der Waals surface area contributed by atoms with Crippen LogP contribution < -0.4 is 16.4 Å². The first-order chi connectivity index (χ1) is 4.93. The minimum absolute atomic E-state index is 0.799. The number of methoxy groups -OCH3 is 1. The molecule has 0 saturated heterocycles. The van der Waals surface area contributed by atoms with Crippen LogP contribution in [0.25, 0.3) is 0 Å². The molecule has 1 aromatic rings. The number of aromatic nitrogens is 1. The van der Waals surface area contributed by atoms with Gasteiger partial charge in [-0.1, -0.05) is 0 Å². The van der Waals surface area contributed by atoms with Gasteiger partial charge in [-0.3, -0.25) is 16.7 Å². The van der Waals surface area contributed by atoms with Crippen LogP contribution in [0, 0.1) is 0 Å². The highest BCUT2D eigenvalue weighted by Crippen LogP contribution is 2.02. The summed E-state index contributed by atoms with van der Waals surface area (Å²) in [5.41, 5.74) is 0. The maximum absolute atomic E-state index is 4.85. The van der Waals surface area contributed by atoms with Crippen LogP contribution in [-0.4, -0.2) is 12.1 Å². The van der Waals surface area contributed by atoms with Crippen LogP contribution in [0.5, 0.6) is 5.75 Å². The van der Waals surface area contributed by atoms with Gasteiger partial charge in [0.2, 0.25) is 0 Å². The molecular formula is C6H11N3O. The Kier molecular flexibility index (Phi) is 5.32. The molecule has 0 saturated carbocycles. The predicted molar refractivity (Wildman–Crippen MR) is 39.2 cm³/mol. The molecule has 0 spiro atoms. The van der Waals surface area contributed by atoms with E-state index in [9.17, 15) is 0 Å². The summed E-state index contributed by atoms with van der Waals surface area (Å²) in [6.45, 7) is 0. The first kappa shape index (κ1) is 8.87. The normalized spacial score (nSPS) is 7.50. The van der Waals surface area contributed by atoms with Crippen LogP contribution in [0.4, 0.5) is 0 Å². The SMILES string of the molecule is COc1cccnc1.NN. The molecule has 0 aliphatic heterocycles. The molecule has 56 valence electrons. The van der Waals surface area contributed by atoms with E-state index in [1.807, 2.05) is 12.1 Å². The second kappa shape index (κ2) is 6.00. The summed E-state index contributed by atoms with van der Waals surface area (Å²) in [6, 6.07) is 3.69. The fourth-order valence-corrected chi connectivity index (χ4v) is 0.468. The van der Waals surface area contributed by atoms with Crippen LogP contribution in [0.2, 0.25) is 0 Å². The molecule has 0 aliphatic rings. The van der Waals surface area contributed by atoms with Crippen molar-refractivity contribution in [3.05, 3.63) is 24.5 Å². The van der Waals surface area contributed by atoms with Crippen LogP contribution in [-0.2, 0) is 0 Å². The van der Waals surface area contributed by atoms with Crippen LogP contribution in [0.15, 0.2) is 24.5 Å². The molecule has 1 rings (SSSR count). The van der Waals surface area contributed by atoms with Crippen LogP contribution >= 0.6 is 0 Å². The van der Waals surface area contributed by atoms with Crippen molar-refractivity contribution in [3.8, 4) is 5.75 Å². The molecule has 0 aromatic carbocycles. The smallest absolute Gasteiger partial charge is 0.137 e. The summed E-state index contributed by atoms with van der Waals surface area (Å²) in [4.78, 5) is 3.83. The number of nitrogens with zero attached hydrogens (tertiary/aromatic N) is 1. The number of hydrogen-bond acceptors (Lipinski definition) is 4. The van der Waals surface area contributed by atoms with Gasteiger partial charge in [0.05, 0.1) is 13.3 Å². The van der Waals surface area contributed by atoms with Crippen molar-refractivity contribution >= 4 is 0 Å². The van der Waals surface area contributed by atoms with Crippen molar-refractivity contribution in [1.29, 1.82) is 0 Å². The van der Waals surface area contributed by atoms with Gasteiger partial charge in [0.25, 0.3) is 0 Å². The van der Waals surface area contributed by atoms with Gasteiger partial charge in [-0.2, -0.15) is 0 Å². The van der Waals surface area contributed by atoms with E-state index in [0.717, 1.165) is 5.75 Å². The minimum atomic E-state index is 0.799. The van der Waals surface area contributed by atoms with Gasteiger partial charge in [-0.15, -0.1) is 0 Å². The second-order valence-corrected chi connectivity index (χ2v) is 1.39. The lowest BCUT2D eigenvalue weighted by molar-refractivity contribution is 0.413. The zero-order valence-electron chi connectivity index (χ0n) is 5.82. The zero-order valence-corrected chi connectivity index (χ0v) is 5.82. The van der Waals surface area contributed by atoms with Gasteiger partial charge in [0.1, 0.15) is 5.75 Å².